The van der Waals surface area contributed by atoms with Gasteiger partial charge in [0.2, 0.25) is 5.91 Å². The van der Waals surface area contributed by atoms with Gasteiger partial charge in [-0.25, -0.2) is 4.39 Å². The lowest BCUT2D eigenvalue weighted by Gasteiger charge is -2.34. The van der Waals surface area contributed by atoms with Gasteiger partial charge in [-0.15, -0.1) is 11.3 Å². The van der Waals surface area contributed by atoms with Gasteiger partial charge in [0.25, 0.3) is 0 Å². The average Bonchev–Trinajstić information content (AvgIpc) is 3.23. The van der Waals surface area contributed by atoms with Crippen LogP contribution in [-0.2, 0) is 9.53 Å². The first-order valence-corrected chi connectivity index (χ1v) is 9.38. The summed E-state index contributed by atoms with van der Waals surface area (Å²) in [7, 11) is 0. The minimum absolute atomic E-state index is 0.0787. The molecule has 0 radical (unpaired) electrons. The highest BCUT2D eigenvalue weighted by Crippen LogP contribution is 2.36. The van der Waals surface area contributed by atoms with Crippen molar-refractivity contribution in [1.82, 2.24) is 9.88 Å². The molecule has 1 unspecified atom stereocenters. The molecule has 2 aromatic rings. The van der Waals surface area contributed by atoms with Gasteiger partial charge in [0.15, 0.2) is 0 Å². The number of halogens is 1. The second-order valence-corrected chi connectivity index (χ2v) is 7.72. The van der Waals surface area contributed by atoms with Gasteiger partial charge in [0.05, 0.1) is 28.6 Å². The molecule has 142 valence electrons. The quantitative estimate of drug-likeness (QED) is 0.780. The Morgan fingerprint density at radius 2 is 2.37 bits per heavy atom. The number of ether oxygens (including phenoxy) is 2. The van der Waals surface area contributed by atoms with Crippen LogP contribution in [0.25, 0.3) is 0 Å². The zero-order valence-corrected chi connectivity index (χ0v) is 16.1. The van der Waals surface area contributed by atoms with Gasteiger partial charge in [-0.3, -0.25) is 9.78 Å². The van der Waals surface area contributed by atoms with E-state index >= 15 is 0 Å². The van der Waals surface area contributed by atoms with Crippen LogP contribution < -0.4 is 4.74 Å². The Hall–Kier alpha value is -2.50. The molecule has 0 spiro atoms. The van der Waals surface area contributed by atoms with E-state index in [9.17, 15) is 14.4 Å². The van der Waals surface area contributed by atoms with Crippen molar-refractivity contribution in [2.45, 2.75) is 45.1 Å². The highest BCUT2D eigenvalue weighted by molar-refractivity contribution is 7.09. The van der Waals surface area contributed by atoms with Crippen LogP contribution in [0, 0.1) is 17.1 Å². The molecule has 1 aliphatic heterocycles. The van der Waals surface area contributed by atoms with Crippen molar-refractivity contribution in [3.63, 3.8) is 0 Å². The first kappa shape index (κ1) is 19.3. The van der Waals surface area contributed by atoms with Gasteiger partial charge < -0.3 is 14.4 Å². The molecule has 1 aromatic heterocycles. The second-order valence-electron chi connectivity index (χ2n) is 6.80. The van der Waals surface area contributed by atoms with Crippen molar-refractivity contribution >= 4 is 17.2 Å². The minimum Gasteiger partial charge on any atom is -0.483 e. The predicted molar refractivity (Wildman–Crippen MR) is 97.6 cm³/mol. The molecule has 0 saturated carbocycles. The summed E-state index contributed by atoms with van der Waals surface area (Å²) in [5.41, 5.74) is 1.12. The van der Waals surface area contributed by atoms with Crippen LogP contribution >= 0.6 is 11.3 Å². The number of aromatic nitrogens is 1. The fourth-order valence-electron chi connectivity index (χ4n) is 3.39. The van der Waals surface area contributed by atoms with Gasteiger partial charge in [0.1, 0.15) is 29.5 Å². The number of benzene rings is 1. The number of nitriles is 1. The Balaban J connectivity index is 1.88. The van der Waals surface area contributed by atoms with Gasteiger partial charge in [-0.05, 0) is 32.0 Å². The van der Waals surface area contributed by atoms with E-state index in [0.29, 0.717) is 18.8 Å². The van der Waals surface area contributed by atoms with Crippen LogP contribution in [-0.4, -0.2) is 34.2 Å². The summed E-state index contributed by atoms with van der Waals surface area (Å²) < 4.78 is 25.3. The molecule has 1 saturated heterocycles. The van der Waals surface area contributed by atoms with E-state index < -0.39 is 17.6 Å². The minimum atomic E-state index is -0.692. The molecule has 2 heterocycles. The van der Waals surface area contributed by atoms with Crippen molar-refractivity contribution in [3.05, 3.63) is 46.2 Å². The monoisotopic (exact) mass is 389 g/mol. The van der Waals surface area contributed by atoms with E-state index in [4.69, 9.17) is 9.47 Å². The molecule has 0 bridgehead atoms. The highest BCUT2D eigenvalue weighted by atomic mass is 32.1. The van der Waals surface area contributed by atoms with Crippen molar-refractivity contribution in [1.29, 1.82) is 5.26 Å². The van der Waals surface area contributed by atoms with Crippen LogP contribution in [0.5, 0.6) is 5.75 Å². The molecule has 27 heavy (non-hydrogen) atoms. The zero-order chi connectivity index (χ0) is 19.6. The molecule has 1 aromatic carbocycles. The van der Waals surface area contributed by atoms with E-state index in [2.05, 4.69) is 4.98 Å². The molecule has 1 fully saturated rings. The number of nitrogens with zero attached hydrogens (tertiary/aromatic N) is 3. The molecule has 0 aliphatic carbocycles. The third-order valence-corrected chi connectivity index (χ3v) is 5.37. The Bertz CT molecular complexity index is 864. The topological polar surface area (TPSA) is 75.5 Å². The Morgan fingerprint density at radius 3 is 3.00 bits per heavy atom. The maximum absolute atomic E-state index is 13.4. The van der Waals surface area contributed by atoms with Gasteiger partial charge >= 0.3 is 0 Å². The lowest BCUT2D eigenvalue weighted by atomic mass is 10.1. The standard InChI is InChI=1S/C19H20FN3O3S/c1-12(24)23-15(10-25-19(23,2)3)7-17(18-9-22-11-27-18)26-16-5-4-14(20)6-13(16)8-21/h4-6,9,11,15,17H,7,10H2,1-3H3/t15?,17-/m1/s1. The molecule has 6 nitrogen and oxygen atoms in total. The summed E-state index contributed by atoms with van der Waals surface area (Å²) in [4.78, 5) is 18.8. The van der Waals surface area contributed by atoms with Gasteiger partial charge in [-0.1, -0.05) is 0 Å². The van der Waals surface area contributed by atoms with Crippen LogP contribution in [0.15, 0.2) is 29.9 Å². The first-order chi connectivity index (χ1) is 12.8. The Kier molecular flexibility index (Phi) is 5.44. The maximum atomic E-state index is 13.4. The van der Waals surface area contributed by atoms with Crippen molar-refractivity contribution in [3.8, 4) is 11.8 Å². The summed E-state index contributed by atoms with van der Waals surface area (Å²) in [6, 6.07) is 5.61. The van der Waals surface area contributed by atoms with Gasteiger partial charge in [0, 0.05) is 19.5 Å². The zero-order valence-electron chi connectivity index (χ0n) is 15.3. The number of carbonyl (C=O) groups excluding carboxylic acids is 1. The normalized spacial score (nSPS) is 19.5. The summed E-state index contributed by atoms with van der Waals surface area (Å²) in [5, 5.41) is 9.27. The SMILES string of the molecule is CC(=O)N1C(C[C@@H](Oc2ccc(F)cc2C#N)c2cncs2)COC1(C)C. The van der Waals surface area contributed by atoms with E-state index in [-0.39, 0.29) is 17.5 Å². The van der Waals surface area contributed by atoms with Crippen LogP contribution in [0.1, 0.15) is 43.7 Å². The summed E-state index contributed by atoms with van der Waals surface area (Å²) in [5.74, 6) is -0.281. The molecule has 2 atom stereocenters. The third kappa shape index (κ3) is 4.10. The number of hydrogen-bond acceptors (Lipinski definition) is 6. The Labute approximate surface area is 161 Å². The maximum Gasteiger partial charge on any atom is 0.222 e. The van der Waals surface area contributed by atoms with E-state index in [0.717, 1.165) is 10.9 Å². The van der Waals surface area contributed by atoms with Crippen LogP contribution in [0.3, 0.4) is 0 Å². The molecule has 1 amide bonds. The lowest BCUT2D eigenvalue weighted by Crippen LogP contribution is -2.47. The van der Waals surface area contributed by atoms with Crippen molar-refractivity contribution in [2.75, 3.05) is 6.61 Å². The van der Waals surface area contributed by atoms with Crippen LogP contribution in [0.4, 0.5) is 4.39 Å². The number of thiazole rings is 1. The lowest BCUT2D eigenvalue weighted by molar-refractivity contribution is -0.144. The predicted octanol–water partition coefficient (Wildman–Crippen LogP) is 3.65. The van der Waals surface area contributed by atoms with E-state index in [1.165, 1.54) is 30.4 Å². The van der Waals surface area contributed by atoms with E-state index in [1.54, 1.807) is 16.6 Å². The average molecular weight is 389 g/mol. The van der Waals surface area contributed by atoms with Crippen molar-refractivity contribution < 1.29 is 18.7 Å². The molecular weight excluding hydrogens is 369 g/mol. The van der Waals surface area contributed by atoms with Crippen LogP contribution in [0.2, 0.25) is 0 Å². The number of rotatable bonds is 5. The summed E-state index contributed by atoms with van der Waals surface area (Å²) in [6.45, 7) is 5.61. The fourth-order valence-corrected chi connectivity index (χ4v) is 4.05. The van der Waals surface area contributed by atoms with Crippen molar-refractivity contribution in [2.24, 2.45) is 0 Å². The molecule has 3 rings (SSSR count). The smallest absolute Gasteiger partial charge is 0.222 e. The highest BCUT2D eigenvalue weighted by Gasteiger charge is 2.43. The fraction of sp³-hybridized carbons (Fsp3) is 0.421. The molecule has 1 aliphatic rings. The number of carbonyl (C=O) groups is 1. The molecule has 0 N–H and O–H groups in total. The Morgan fingerprint density at radius 1 is 1.59 bits per heavy atom. The third-order valence-electron chi connectivity index (χ3n) is 4.50. The molecule has 8 heteroatoms. The number of amides is 1. The largest absolute Gasteiger partial charge is 0.483 e. The number of hydrogen-bond donors (Lipinski definition) is 0. The summed E-state index contributed by atoms with van der Waals surface area (Å²) >= 11 is 1.42. The molecular formula is C19H20FN3O3S. The summed E-state index contributed by atoms with van der Waals surface area (Å²) in [6.07, 6.45) is 1.72. The van der Waals surface area contributed by atoms with Gasteiger partial charge in [-0.2, -0.15) is 5.26 Å². The first-order valence-electron chi connectivity index (χ1n) is 8.50. The second kappa shape index (κ2) is 7.62. The van der Waals surface area contributed by atoms with E-state index in [1.807, 2.05) is 19.9 Å².